The highest BCUT2D eigenvalue weighted by Crippen LogP contribution is 2.23. The summed E-state index contributed by atoms with van der Waals surface area (Å²) in [5, 5.41) is 14.0. The quantitative estimate of drug-likeness (QED) is 0.450. The Morgan fingerprint density at radius 1 is 1.00 bits per heavy atom. The van der Waals surface area contributed by atoms with E-state index in [4.69, 9.17) is 11.6 Å². The Hall–Kier alpha value is -2.71. The Bertz CT molecular complexity index is 1210. The number of rotatable bonds is 9. The maximum atomic E-state index is 13.0. The van der Waals surface area contributed by atoms with Gasteiger partial charge >= 0.3 is 0 Å². The van der Waals surface area contributed by atoms with E-state index in [-0.39, 0.29) is 15.7 Å². The molecule has 2 N–H and O–H groups in total. The normalized spacial score (nSPS) is 12.4. The lowest BCUT2D eigenvalue weighted by Crippen LogP contribution is -2.23. The lowest BCUT2D eigenvalue weighted by molar-refractivity contribution is 0.0827. The van der Waals surface area contributed by atoms with Crippen molar-refractivity contribution in [1.82, 2.24) is 10.2 Å². The van der Waals surface area contributed by atoms with Gasteiger partial charge in [-0.25, -0.2) is 8.42 Å². The number of hydrogen-bond donors (Lipinski definition) is 2. The average molecular weight is 487 g/mol. The highest BCUT2D eigenvalue weighted by atomic mass is 35.5. The van der Waals surface area contributed by atoms with Crippen LogP contribution in [0.25, 0.3) is 0 Å². The van der Waals surface area contributed by atoms with E-state index >= 15 is 0 Å². The van der Waals surface area contributed by atoms with Crippen LogP contribution in [-0.4, -0.2) is 51.5 Å². The van der Waals surface area contributed by atoms with Crippen LogP contribution < -0.4 is 5.32 Å². The van der Waals surface area contributed by atoms with E-state index in [0.717, 1.165) is 11.1 Å². The zero-order valence-corrected chi connectivity index (χ0v) is 20.1. The number of carbonyl (C=O) groups is 1. The van der Waals surface area contributed by atoms with Crippen molar-refractivity contribution in [3.05, 3.63) is 94.5 Å². The molecular weight excluding hydrogens is 460 g/mol. The molecule has 174 valence electrons. The van der Waals surface area contributed by atoms with E-state index in [1.165, 1.54) is 17.0 Å². The van der Waals surface area contributed by atoms with Crippen LogP contribution in [0.2, 0.25) is 5.02 Å². The lowest BCUT2D eigenvalue weighted by atomic mass is 10.1. The van der Waals surface area contributed by atoms with Gasteiger partial charge in [0, 0.05) is 31.2 Å². The van der Waals surface area contributed by atoms with Crippen molar-refractivity contribution in [3.63, 3.8) is 0 Å². The summed E-state index contributed by atoms with van der Waals surface area (Å²) in [6, 6.07) is 19.9. The van der Waals surface area contributed by atoms with Crippen LogP contribution in [-0.2, 0) is 16.3 Å². The van der Waals surface area contributed by atoms with E-state index in [9.17, 15) is 18.3 Å². The number of nitrogens with zero attached hydrogens (tertiary/aromatic N) is 1. The highest BCUT2D eigenvalue weighted by molar-refractivity contribution is 7.91. The molecule has 6 nitrogen and oxygen atoms in total. The summed E-state index contributed by atoms with van der Waals surface area (Å²) in [6.07, 6.45) is 0.0152. The third kappa shape index (κ3) is 6.42. The number of nitrogens with one attached hydrogen (secondary N) is 1. The molecule has 0 radical (unpaired) electrons. The molecule has 0 saturated carbocycles. The molecule has 0 aromatic heterocycles. The summed E-state index contributed by atoms with van der Waals surface area (Å²) in [4.78, 5) is 13.8. The molecule has 0 unspecified atom stereocenters. The Morgan fingerprint density at radius 2 is 1.70 bits per heavy atom. The van der Waals surface area contributed by atoms with Crippen LogP contribution in [0.4, 0.5) is 0 Å². The second-order valence-electron chi connectivity index (χ2n) is 7.90. The van der Waals surface area contributed by atoms with Crippen LogP contribution in [0.3, 0.4) is 0 Å². The molecule has 3 aromatic carbocycles. The van der Waals surface area contributed by atoms with E-state index in [1.54, 1.807) is 68.7 Å². The molecule has 3 aromatic rings. The molecule has 0 fully saturated rings. The Labute approximate surface area is 199 Å². The third-order valence-corrected chi connectivity index (χ3v) is 7.20. The smallest absolute Gasteiger partial charge is 0.253 e. The summed E-state index contributed by atoms with van der Waals surface area (Å²) in [7, 11) is -0.498. The number of hydrogen-bond acceptors (Lipinski definition) is 5. The van der Waals surface area contributed by atoms with Crippen LogP contribution >= 0.6 is 11.6 Å². The highest BCUT2D eigenvalue weighted by Gasteiger charge is 2.19. The third-order valence-electron chi connectivity index (χ3n) is 5.19. The number of carbonyl (C=O) groups excluding carboxylic acids is 1. The summed E-state index contributed by atoms with van der Waals surface area (Å²) < 4.78 is 26.0. The van der Waals surface area contributed by atoms with Crippen LogP contribution in [0.1, 0.15) is 27.6 Å². The predicted octanol–water partition coefficient (Wildman–Crippen LogP) is 3.74. The SMILES string of the molecule is CN(C)C(=O)c1cccc(S(=O)(=O)c2ccc(CCNC[C@@H](O)c3cccc(Cl)c3)cc2)c1. The molecule has 3 rings (SSSR count). The van der Waals surface area contributed by atoms with Crippen molar-refractivity contribution in [1.29, 1.82) is 0 Å². The summed E-state index contributed by atoms with van der Waals surface area (Å²) in [5.41, 5.74) is 2.04. The maximum Gasteiger partial charge on any atom is 0.253 e. The minimum absolute atomic E-state index is 0.0830. The zero-order chi connectivity index (χ0) is 24.0. The van der Waals surface area contributed by atoms with E-state index in [2.05, 4.69) is 5.32 Å². The van der Waals surface area contributed by atoms with Gasteiger partial charge in [-0.15, -0.1) is 0 Å². The van der Waals surface area contributed by atoms with Crippen LogP contribution in [0, 0.1) is 0 Å². The first-order chi connectivity index (χ1) is 15.7. The van der Waals surface area contributed by atoms with Gasteiger partial charge in [0.1, 0.15) is 0 Å². The number of benzene rings is 3. The topological polar surface area (TPSA) is 86.7 Å². The van der Waals surface area contributed by atoms with Gasteiger partial charge in [-0.05, 0) is 66.6 Å². The number of sulfone groups is 1. The molecular formula is C25H27ClN2O4S. The van der Waals surface area contributed by atoms with Gasteiger partial charge in [-0.2, -0.15) is 0 Å². The minimum Gasteiger partial charge on any atom is -0.387 e. The average Bonchev–Trinajstić information content (AvgIpc) is 2.81. The standard InChI is InChI=1S/C25H27ClN2O4S/c1-28(2)25(30)20-6-4-8-23(16-20)33(31,32)22-11-9-18(10-12-22)13-14-27-17-24(29)19-5-3-7-21(26)15-19/h3-12,15-16,24,27,29H,13-14,17H2,1-2H3/t24-/m1/s1. The molecule has 0 aliphatic heterocycles. The van der Waals surface area contributed by atoms with E-state index in [0.29, 0.717) is 30.1 Å². The van der Waals surface area contributed by atoms with Crippen molar-refractivity contribution in [2.45, 2.75) is 22.3 Å². The molecule has 0 bridgehead atoms. The first-order valence-electron chi connectivity index (χ1n) is 10.5. The number of aliphatic hydroxyl groups is 1. The van der Waals surface area contributed by atoms with Crippen molar-refractivity contribution < 1.29 is 18.3 Å². The summed E-state index contributed by atoms with van der Waals surface area (Å²) in [6.45, 7) is 1.01. The molecule has 1 atom stereocenters. The van der Waals surface area contributed by atoms with Gasteiger partial charge in [0.15, 0.2) is 0 Å². The predicted molar refractivity (Wildman–Crippen MR) is 129 cm³/mol. The lowest BCUT2D eigenvalue weighted by Gasteiger charge is -2.13. The maximum absolute atomic E-state index is 13.0. The fourth-order valence-electron chi connectivity index (χ4n) is 3.33. The van der Waals surface area contributed by atoms with Gasteiger partial charge in [-0.1, -0.05) is 41.9 Å². The molecule has 0 aliphatic carbocycles. The Morgan fingerprint density at radius 3 is 2.36 bits per heavy atom. The fraction of sp³-hybridized carbons (Fsp3) is 0.240. The Kier molecular flexibility index (Phi) is 8.26. The zero-order valence-electron chi connectivity index (χ0n) is 18.5. The van der Waals surface area contributed by atoms with Crippen molar-refractivity contribution in [3.8, 4) is 0 Å². The van der Waals surface area contributed by atoms with E-state index < -0.39 is 15.9 Å². The molecule has 33 heavy (non-hydrogen) atoms. The second-order valence-corrected chi connectivity index (χ2v) is 10.3. The monoisotopic (exact) mass is 486 g/mol. The van der Waals surface area contributed by atoms with Gasteiger partial charge in [0.05, 0.1) is 15.9 Å². The molecule has 0 spiro atoms. The van der Waals surface area contributed by atoms with Crippen molar-refractivity contribution >= 4 is 27.3 Å². The molecule has 0 saturated heterocycles. The minimum atomic E-state index is -3.74. The summed E-state index contributed by atoms with van der Waals surface area (Å²) in [5.74, 6) is -0.254. The van der Waals surface area contributed by atoms with Crippen molar-refractivity contribution in [2.24, 2.45) is 0 Å². The second kappa shape index (κ2) is 10.9. The van der Waals surface area contributed by atoms with E-state index in [1.807, 2.05) is 6.07 Å². The molecule has 8 heteroatoms. The molecule has 0 heterocycles. The fourth-order valence-corrected chi connectivity index (χ4v) is 4.83. The summed E-state index contributed by atoms with van der Waals surface area (Å²) >= 11 is 5.96. The Balaban J connectivity index is 1.59. The molecule has 1 amide bonds. The largest absolute Gasteiger partial charge is 0.387 e. The van der Waals surface area contributed by atoms with Crippen molar-refractivity contribution in [2.75, 3.05) is 27.2 Å². The first kappa shape index (κ1) is 24.9. The number of aliphatic hydroxyl groups excluding tert-OH is 1. The van der Waals surface area contributed by atoms with Gasteiger partial charge in [0.2, 0.25) is 9.84 Å². The molecule has 0 aliphatic rings. The number of halogens is 1. The first-order valence-corrected chi connectivity index (χ1v) is 12.3. The van der Waals surface area contributed by atoms with Crippen LogP contribution in [0.15, 0.2) is 82.6 Å². The van der Waals surface area contributed by atoms with Gasteiger partial charge < -0.3 is 15.3 Å². The number of amides is 1. The van der Waals surface area contributed by atoms with Crippen LogP contribution in [0.5, 0.6) is 0 Å². The van der Waals surface area contributed by atoms with Gasteiger partial charge in [-0.3, -0.25) is 4.79 Å². The van der Waals surface area contributed by atoms with Gasteiger partial charge in [0.25, 0.3) is 5.91 Å².